The quantitative estimate of drug-likeness (QED) is 0.266. The molecule has 1 atom stereocenters. The first-order chi connectivity index (χ1) is 9.81. The Labute approximate surface area is 145 Å². The first kappa shape index (κ1) is 20.9. The normalized spacial score (nSPS) is 18.7. The molecule has 0 radical (unpaired) electrons. The summed E-state index contributed by atoms with van der Waals surface area (Å²) in [5.41, 5.74) is 0. The van der Waals surface area contributed by atoms with Crippen molar-refractivity contribution in [2.75, 3.05) is 67.3 Å². The third-order valence-corrected chi connectivity index (χ3v) is 3.39. The topological polar surface area (TPSA) is 55.3 Å². The smallest absolute Gasteiger partial charge is 0.193 e. The number of ether oxygens (including phenoxy) is 3. The van der Waals surface area contributed by atoms with Crippen LogP contribution in [0, 0.1) is 5.92 Å². The van der Waals surface area contributed by atoms with Crippen molar-refractivity contribution in [1.82, 2.24) is 10.2 Å². The first-order valence-electron chi connectivity index (χ1n) is 7.33. The zero-order valence-electron chi connectivity index (χ0n) is 13.5. The van der Waals surface area contributed by atoms with Crippen LogP contribution in [0.3, 0.4) is 0 Å². The van der Waals surface area contributed by atoms with E-state index in [-0.39, 0.29) is 24.0 Å². The van der Waals surface area contributed by atoms with Crippen molar-refractivity contribution in [1.29, 1.82) is 0 Å². The highest BCUT2D eigenvalue weighted by Gasteiger charge is 2.24. The van der Waals surface area contributed by atoms with Crippen molar-refractivity contribution >= 4 is 29.9 Å². The van der Waals surface area contributed by atoms with Gasteiger partial charge in [-0.15, -0.1) is 24.0 Å². The van der Waals surface area contributed by atoms with Crippen LogP contribution in [0.25, 0.3) is 0 Å². The van der Waals surface area contributed by atoms with Crippen LogP contribution < -0.4 is 5.32 Å². The molecule has 1 aliphatic heterocycles. The molecule has 0 bridgehead atoms. The summed E-state index contributed by atoms with van der Waals surface area (Å²) in [5, 5.41) is 3.38. The minimum Gasteiger partial charge on any atom is -0.385 e. The fraction of sp³-hybridized carbons (Fsp3) is 0.929. The van der Waals surface area contributed by atoms with Gasteiger partial charge in [0.1, 0.15) is 0 Å². The van der Waals surface area contributed by atoms with E-state index in [1.54, 1.807) is 14.2 Å². The Morgan fingerprint density at radius 1 is 1.24 bits per heavy atom. The SMILES string of the molecule is CN=C(NCCCOC)N1CCC(COCCOC)C1.I. The van der Waals surface area contributed by atoms with E-state index in [0.29, 0.717) is 19.1 Å². The number of aliphatic imine (C=N–C) groups is 1. The summed E-state index contributed by atoms with van der Waals surface area (Å²) in [7, 11) is 5.25. The van der Waals surface area contributed by atoms with Gasteiger partial charge in [-0.25, -0.2) is 0 Å². The number of halogens is 1. The molecule has 21 heavy (non-hydrogen) atoms. The lowest BCUT2D eigenvalue weighted by molar-refractivity contribution is 0.0536. The predicted octanol–water partition coefficient (Wildman–Crippen LogP) is 1.20. The number of nitrogens with one attached hydrogen (secondary N) is 1. The molecular weight excluding hydrogens is 385 g/mol. The van der Waals surface area contributed by atoms with Crippen LogP contribution in [-0.2, 0) is 14.2 Å². The lowest BCUT2D eigenvalue weighted by Crippen LogP contribution is -2.40. The number of guanidine groups is 1. The molecule has 0 spiro atoms. The van der Waals surface area contributed by atoms with Crippen molar-refractivity contribution in [2.45, 2.75) is 12.8 Å². The third kappa shape index (κ3) is 8.80. The third-order valence-electron chi connectivity index (χ3n) is 3.39. The zero-order valence-corrected chi connectivity index (χ0v) is 15.8. The zero-order chi connectivity index (χ0) is 14.6. The van der Waals surface area contributed by atoms with Crippen molar-refractivity contribution in [3.05, 3.63) is 0 Å². The molecule has 0 aromatic rings. The Bertz CT molecular complexity index is 280. The van der Waals surface area contributed by atoms with Gasteiger partial charge in [-0.05, 0) is 12.8 Å². The molecule has 0 aromatic heterocycles. The number of likely N-dealkylation sites (tertiary alicyclic amines) is 1. The molecule has 1 heterocycles. The van der Waals surface area contributed by atoms with E-state index in [2.05, 4.69) is 15.2 Å². The minimum absolute atomic E-state index is 0. The molecule has 0 aromatic carbocycles. The number of hydrogen-bond donors (Lipinski definition) is 1. The maximum absolute atomic E-state index is 5.60. The van der Waals surface area contributed by atoms with Gasteiger partial charge in [-0.1, -0.05) is 0 Å². The molecule has 0 saturated carbocycles. The summed E-state index contributed by atoms with van der Waals surface area (Å²) in [6.07, 6.45) is 2.15. The second kappa shape index (κ2) is 13.5. The average Bonchev–Trinajstić information content (AvgIpc) is 2.92. The number of hydrogen-bond acceptors (Lipinski definition) is 4. The summed E-state index contributed by atoms with van der Waals surface area (Å²) in [5.74, 6) is 1.57. The number of nitrogens with zero attached hydrogens (tertiary/aromatic N) is 2. The van der Waals surface area contributed by atoms with Gasteiger partial charge >= 0.3 is 0 Å². The van der Waals surface area contributed by atoms with Crippen LogP contribution in [0.4, 0.5) is 0 Å². The van der Waals surface area contributed by atoms with Gasteiger partial charge in [0.05, 0.1) is 19.8 Å². The molecule has 0 amide bonds. The lowest BCUT2D eigenvalue weighted by atomic mass is 10.1. The second-order valence-corrected chi connectivity index (χ2v) is 4.99. The van der Waals surface area contributed by atoms with Crippen LogP contribution in [-0.4, -0.2) is 78.2 Å². The Morgan fingerprint density at radius 3 is 2.67 bits per heavy atom. The molecule has 6 nitrogen and oxygen atoms in total. The van der Waals surface area contributed by atoms with E-state index < -0.39 is 0 Å². The highest BCUT2D eigenvalue weighted by molar-refractivity contribution is 14.0. The molecule has 7 heteroatoms. The standard InChI is InChI=1S/C14H29N3O3.HI/c1-15-14(16-6-4-8-18-2)17-7-5-13(11-17)12-20-10-9-19-3;/h13H,4-12H2,1-3H3,(H,15,16);1H. The van der Waals surface area contributed by atoms with Gasteiger partial charge in [0.25, 0.3) is 0 Å². The maximum atomic E-state index is 5.60. The highest BCUT2D eigenvalue weighted by Crippen LogP contribution is 2.16. The van der Waals surface area contributed by atoms with Crippen LogP contribution >= 0.6 is 24.0 Å². The van der Waals surface area contributed by atoms with Crippen LogP contribution in [0.5, 0.6) is 0 Å². The van der Waals surface area contributed by atoms with Gasteiger partial charge in [0.15, 0.2) is 5.96 Å². The molecular formula is C14H30IN3O3. The van der Waals surface area contributed by atoms with Crippen LogP contribution in [0.2, 0.25) is 0 Å². The van der Waals surface area contributed by atoms with E-state index in [1.165, 1.54) is 0 Å². The monoisotopic (exact) mass is 415 g/mol. The van der Waals surface area contributed by atoms with Gasteiger partial charge in [0, 0.05) is 53.4 Å². The molecule has 126 valence electrons. The van der Waals surface area contributed by atoms with Crippen LogP contribution in [0.15, 0.2) is 4.99 Å². The van der Waals surface area contributed by atoms with Gasteiger partial charge in [-0.3, -0.25) is 4.99 Å². The number of methoxy groups -OCH3 is 2. The first-order valence-corrected chi connectivity index (χ1v) is 7.33. The summed E-state index contributed by atoms with van der Waals surface area (Å²) in [6.45, 7) is 5.88. The Morgan fingerprint density at radius 2 is 2.00 bits per heavy atom. The van der Waals surface area contributed by atoms with Gasteiger partial charge < -0.3 is 24.4 Å². The Hall–Kier alpha value is -0.120. The van der Waals surface area contributed by atoms with E-state index in [4.69, 9.17) is 14.2 Å². The molecule has 1 fully saturated rings. The predicted molar refractivity (Wildman–Crippen MR) is 95.6 cm³/mol. The van der Waals surface area contributed by atoms with Crippen molar-refractivity contribution in [2.24, 2.45) is 10.9 Å². The van der Waals surface area contributed by atoms with Gasteiger partial charge in [-0.2, -0.15) is 0 Å². The van der Waals surface area contributed by atoms with E-state index in [1.807, 2.05) is 7.05 Å². The lowest BCUT2D eigenvalue weighted by Gasteiger charge is -2.21. The molecule has 1 unspecified atom stereocenters. The van der Waals surface area contributed by atoms with E-state index in [0.717, 1.165) is 51.6 Å². The molecule has 0 aliphatic carbocycles. The van der Waals surface area contributed by atoms with E-state index >= 15 is 0 Å². The molecule has 1 rings (SSSR count). The average molecular weight is 415 g/mol. The van der Waals surface area contributed by atoms with Crippen molar-refractivity contribution in [3.63, 3.8) is 0 Å². The fourth-order valence-electron chi connectivity index (χ4n) is 2.30. The summed E-state index contributed by atoms with van der Waals surface area (Å²) >= 11 is 0. The molecule has 1 saturated heterocycles. The molecule has 1 N–H and O–H groups in total. The fourth-order valence-corrected chi connectivity index (χ4v) is 2.30. The summed E-state index contributed by atoms with van der Waals surface area (Å²) in [6, 6.07) is 0. The second-order valence-electron chi connectivity index (χ2n) is 4.99. The van der Waals surface area contributed by atoms with Crippen LogP contribution in [0.1, 0.15) is 12.8 Å². The van der Waals surface area contributed by atoms with Gasteiger partial charge in [0.2, 0.25) is 0 Å². The Balaban J connectivity index is 0.00000400. The highest BCUT2D eigenvalue weighted by atomic mass is 127. The summed E-state index contributed by atoms with van der Waals surface area (Å²) < 4.78 is 15.6. The minimum atomic E-state index is 0. The summed E-state index contributed by atoms with van der Waals surface area (Å²) in [4.78, 5) is 6.64. The largest absolute Gasteiger partial charge is 0.385 e. The molecule has 1 aliphatic rings. The Kier molecular flexibility index (Phi) is 13.5. The maximum Gasteiger partial charge on any atom is 0.193 e. The van der Waals surface area contributed by atoms with Crippen molar-refractivity contribution < 1.29 is 14.2 Å². The van der Waals surface area contributed by atoms with E-state index in [9.17, 15) is 0 Å². The number of rotatable bonds is 9. The van der Waals surface area contributed by atoms with Crippen molar-refractivity contribution in [3.8, 4) is 0 Å².